The van der Waals surface area contributed by atoms with Crippen LogP contribution in [0.5, 0.6) is 0 Å². The first-order chi connectivity index (χ1) is 11.8. The number of amides is 1. The van der Waals surface area contributed by atoms with Crippen molar-refractivity contribution in [2.24, 2.45) is 0 Å². The van der Waals surface area contributed by atoms with Gasteiger partial charge in [-0.15, -0.1) is 0 Å². The van der Waals surface area contributed by atoms with Crippen molar-refractivity contribution in [3.05, 3.63) is 66.6 Å². The second kappa shape index (κ2) is 6.32. The lowest BCUT2D eigenvalue weighted by atomic mass is 10.1. The molecule has 120 valence electrons. The van der Waals surface area contributed by atoms with Gasteiger partial charge in [-0.1, -0.05) is 60.7 Å². The van der Waals surface area contributed by atoms with Crippen molar-refractivity contribution in [1.82, 2.24) is 9.88 Å². The number of aromatic nitrogens is 1. The fraction of sp³-hybridized carbons (Fsp3) is 0.200. The van der Waals surface area contributed by atoms with E-state index in [4.69, 9.17) is 4.42 Å². The number of benzene rings is 2. The molecule has 0 radical (unpaired) electrons. The lowest BCUT2D eigenvalue weighted by Gasteiger charge is -2.11. The summed E-state index contributed by atoms with van der Waals surface area (Å²) in [6, 6.07) is 19.6. The summed E-state index contributed by atoms with van der Waals surface area (Å²) in [6.07, 6.45) is 2.09. The van der Waals surface area contributed by atoms with Crippen LogP contribution >= 0.6 is 0 Å². The second-order valence-corrected chi connectivity index (χ2v) is 5.93. The lowest BCUT2D eigenvalue weighted by molar-refractivity contribution is 0.0754. The number of hydrogen-bond donors (Lipinski definition) is 0. The Morgan fingerprint density at radius 1 is 0.875 bits per heavy atom. The predicted octanol–water partition coefficient (Wildman–Crippen LogP) is 4.24. The number of carbonyl (C=O) groups is 1. The molecule has 1 aliphatic rings. The molecule has 2 aromatic carbocycles. The highest BCUT2D eigenvalue weighted by atomic mass is 16.4. The lowest BCUT2D eigenvalue weighted by Crippen LogP contribution is -2.27. The van der Waals surface area contributed by atoms with Crippen molar-refractivity contribution < 1.29 is 9.21 Å². The van der Waals surface area contributed by atoms with Gasteiger partial charge in [0.25, 0.3) is 5.89 Å². The highest BCUT2D eigenvalue weighted by Gasteiger charge is 2.26. The highest BCUT2D eigenvalue weighted by Crippen LogP contribution is 2.33. The molecule has 0 saturated carbocycles. The third kappa shape index (κ3) is 2.71. The molecule has 1 saturated heterocycles. The Morgan fingerprint density at radius 3 is 2.08 bits per heavy atom. The molecule has 0 spiro atoms. The van der Waals surface area contributed by atoms with Gasteiger partial charge in [-0.25, -0.2) is 4.98 Å². The van der Waals surface area contributed by atoms with E-state index in [9.17, 15) is 4.79 Å². The van der Waals surface area contributed by atoms with E-state index in [1.807, 2.05) is 65.6 Å². The van der Waals surface area contributed by atoms with Gasteiger partial charge in [0.15, 0.2) is 5.76 Å². The van der Waals surface area contributed by atoms with Crippen LogP contribution in [0.3, 0.4) is 0 Å². The summed E-state index contributed by atoms with van der Waals surface area (Å²) in [5, 5.41) is 0. The average Bonchev–Trinajstić information content (AvgIpc) is 3.33. The third-order valence-corrected chi connectivity index (χ3v) is 4.29. The minimum absolute atomic E-state index is 0.119. The van der Waals surface area contributed by atoms with Crippen molar-refractivity contribution in [3.8, 4) is 22.6 Å². The summed E-state index contributed by atoms with van der Waals surface area (Å²) in [7, 11) is 0. The van der Waals surface area contributed by atoms with Crippen LogP contribution in [0.25, 0.3) is 22.6 Å². The zero-order valence-corrected chi connectivity index (χ0v) is 13.3. The molecule has 1 amide bonds. The molecule has 1 fully saturated rings. The zero-order valence-electron chi connectivity index (χ0n) is 13.3. The maximum Gasteiger partial charge on any atom is 0.309 e. The van der Waals surface area contributed by atoms with Gasteiger partial charge in [-0.05, 0) is 12.8 Å². The van der Waals surface area contributed by atoms with Crippen LogP contribution in [-0.2, 0) is 0 Å². The summed E-state index contributed by atoms with van der Waals surface area (Å²) >= 11 is 0. The molecule has 4 heteroatoms. The van der Waals surface area contributed by atoms with E-state index in [1.165, 1.54) is 0 Å². The van der Waals surface area contributed by atoms with Crippen molar-refractivity contribution in [1.29, 1.82) is 0 Å². The highest BCUT2D eigenvalue weighted by molar-refractivity contribution is 5.92. The van der Waals surface area contributed by atoms with Crippen LogP contribution in [0.15, 0.2) is 65.1 Å². The molecule has 0 N–H and O–H groups in total. The third-order valence-electron chi connectivity index (χ3n) is 4.29. The normalized spacial score (nSPS) is 14.1. The van der Waals surface area contributed by atoms with Gasteiger partial charge in [-0.3, -0.25) is 4.79 Å². The summed E-state index contributed by atoms with van der Waals surface area (Å²) in [4.78, 5) is 19.0. The maximum absolute atomic E-state index is 12.6. The van der Waals surface area contributed by atoms with Crippen LogP contribution in [0.1, 0.15) is 23.5 Å². The molecule has 0 aliphatic carbocycles. The van der Waals surface area contributed by atoms with E-state index in [0.717, 1.165) is 37.1 Å². The van der Waals surface area contributed by atoms with Crippen LogP contribution in [0.2, 0.25) is 0 Å². The Morgan fingerprint density at radius 2 is 1.46 bits per heavy atom. The topological polar surface area (TPSA) is 46.3 Å². The quantitative estimate of drug-likeness (QED) is 0.725. The second-order valence-electron chi connectivity index (χ2n) is 5.93. The molecule has 1 aliphatic heterocycles. The van der Waals surface area contributed by atoms with Gasteiger partial charge >= 0.3 is 5.91 Å². The van der Waals surface area contributed by atoms with Gasteiger partial charge in [0.05, 0.1) is 0 Å². The van der Waals surface area contributed by atoms with Gasteiger partial charge < -0.3 is 9.32 Å². The van der Waals surface area contributed by atoms with Crippen LogP contribution in [-0.4, -0.2) is 28.9 Å². The summed E-state index contributed by atoms with van der Waals surface area (Å²) < 4.78 is 5.93. The van der Waals surface area contributed by atoms with Crippen molar-refractivity contribution in [2.45, 2.75) is 12.8 Å². The molecule has 0 bridgehead atoms. The minimum atomic E-state index is -0.119. The maximum atomic E-state index is 12.6. The molecule has 3 aromatic rings. The van der Waals surface area contributed by atoms with E-state index in [1.54, 1.807) is 0 Å². The standard InChI is InChI=1S/C20H18N2O2/c23-20(22-13-7-8-14-22)19-21-17(15-9-3-1-4-10-15)18(24-19)16-11-5-2-6-12-16/h1-6,9-12H,7-8,13-14H2. The largest absolute Gasteiger partial charge is 0.432 e. The molecule has 4 rings (SSSR count). The van der Waals surface area contributed by atoms with Gasteiger partial charge in [-0.2, -0.15) is 0 Å². The SMILES string of the molecule is O=C(c1nc(-c2ccccc2)c(-c2ccccc2)o1)N1CCCC1. The first kappa shape index (κ1) is 14.7. The van der Waals surface area contributed by atoms with E-state index < -0.39 is 0 Å². The number of nitrogens with zero attached hydrogens (tertiary/aromatic N) is 2. The molecule has 24 heavy (non-hydrogen) atoms. The Hall–Kier alpha value is -2.88. The first-order valence-electron chi connectivity index (χ1n) is 8.24. The first-order valence-corrected chi connectivity index (χ1v) is 8.24. The zero-order chi connectivity index (χ0) is 16.4. The van der Waals surface area contributed by atoms with Crippen molar-refractivity contribution in [3.63, 3.8) is 0 Å². The van der Waals surface area contributed by atoms with E-state index >= 15 is 0 Å². The molecular formula is C20H18N2O2. The summed E-state index contributed by atoms with van der Waals surface area (Å²) in [5.74, 6) is 0.700. The van der Waals surface area contributed by atoms with Crippen molar-refractivity contribution >= 4 is 5.91 Å². The van der Waals surface area contributed by atoms with Crippen LogP contribution in [0.4, 0.5) is 0 Å². The fourth-order valence-electron chi connectivity index (χ4n) is 3.04. The molecule has 4 nitrogen and oxygen atoms in total. The van der Waals surface area contributed by atoms with E-state index in [2.05, 4.69) is 4.98 Å². The minimum Gasteiger partial charge on any atom is -0.432 e. The van der Waals surface area contributed by atoms with Gasteiger partial charge in [0.2, 0.25) is 0 Å². The number of likely N-dealkylation sites (tertiary alicyclic amines) is 1. The molecular weight excluding hydrogens is 300 g/mol. The summed E-state index contributed by atoms with van der Waals surface area (Å²) in [6.45, 7) is 1.56. The monoisotopic (exact) mass is 318 g/mol. The van der Waals surface area contributed by atoms with E-state index in [0.29, 0.717) is 11.5 Å². The number of rotatable bonds is 3. The van der Waals surface area contributed by atoms with Gasteiger partial charge in [0, 0.05) is 24.2 Å². The molecule has 0 atom stereocenters. The predicted molar refractivity (Wildman–Crippen MR) is 92.5 cm³/mol. The summed E-state index contributed by atoms with van der Waals surface area (Å²) in [5.41, 5.74) is 2.58. The molecule has 0 unspecified atom stereocenters. The molecule has 2 heterocycles. The van der Waals surface area contributed by atoms with Crippen molar-refractivity contribution in [2.75, 3.05) is 13.1 Å². The average molecular weight is 318 g/mol. The number of carbonyl (C=O) groups excluding carboxylic acids is 1. The fourth-order valence-corrected chi connectivity index (χ4v) is 3.04. The number of hydrogen-bond acceptors (Lipinski definition) is 3. The smallest absolute Gasteiger partial charge is 0.309 e. The Bertz CT molecular complexity index is 778. The number of oxazole rings is 1. The van der Waals surface area contributed by atoms with Gasteiger partial charge in [0.1, 0.15) is 5.69 Å². The van der Waals surface area contributed by atoms with Crippen LogP contribution in [0, 0.1) is 0 Å². The van der Waals surface area contributed by atoms with Crippen LogP contribution < -0.4 is 0 Å². The Balaban J connectivity index is 1.80. The Labute approximate surface area is 140 Å². The van der Waals surface area contributed by atoms with E-state index in [-0.39, 0.29) is 11.8 Å². The Kier molecular flexibility index (Phi) is 3.87. The molecule has 1 aromatic heterocycles.